The maximum absolute atomic E-state index is 11.8. The van der Waals surface area contributed by atoms with Crippen molar-refractivity contribution in [3.63, 3.8) is 0 Å². The second-order valence-electron chi connectivity index (χ2n) is 4.57. The fourth-order valence-electron chi connectivity index (χ4n) is 2.11. The van der Waals surface area contributed by atoms with Crippen molar-refractivity contribution in [1.29, 1.82) is 0 Å². The second-order valence-corrected chi connectivity index (χ2v) is 4.57. The Morgan fingerprint density at radius 3 is 3.12 bits per heavy atom. The summed E-state index contributed by atoms with van der Waals surface area (Å²) in [6.07, 6.45) is 3.20. The van der Waals surface area contributed by atoms with E-state index in [0.717, 1.165) is 31.8 Å². The van der Waals surface area contributed by atoms with Crippen molar-refractivity contribution in [2.45, 2.75) is 19.8 Å². The van der Waals surface area contributed by atoms with Crippen molar-refractivity contribution in [2.24, 2.45) is 11.8 Å². The van der Waals surface area contributed by atoms with Gasteiger partial charge in [0.15, 0.2) is 0 Å². The van der Waals surface area contributed by atoms with Crippen LogP contribution >= 0.6 is 0 Å². The van der Waals surface area contributed by atoms with Crippen molar-refractivity contribution >= 4 is 5.91 Å². The molecule has 0 aromatic carbocycles. The smallest absolute Gasteiger partial charge is 0.224 e. The van der Waals surface area contributed by atoms with Gasteiger partial charge < -0.3 is 10.6 Å². The molecule has 1 amide bonds. The van der Waals surface area contributed by atoms with E-state index in [2.05, 4.69) is 32.7 Å². The van der Waals surface area contributed by atoms with Crippen LogP contribution in [0.1, 0.15) is 19.2 Å². The molecule has 1 saturated heterocycles. The van der Waals surface area contributed by atoms with Gasteiger partial charge in [-0.3, -0.25) is 9.89 Å². The number of rotatable bonds is 5. The largest absolute Gasteiger partial charge is 0.356 e. The van der Waals surface area contributed by atoms with Gasteiger partial charge in [-0.05, 0) is 18.9 Å². The van der Waals surface area contributed by atoms with Gasteiger partial charge in [-0.2, -0.15) is 5.10 Å². The first-order valence-corrected chi connectivity index (χ1v) is 6.10. The molecular weight excluding hydrogens is 218 g/mol. The van der Waals surface area contributed by atoms with Crippen LogP contribution in [-0.4, -0.2) is 40.7 Å². The molecule has 0 aliphatic carbocycles. The molecule has 0 radical (unpaired) electrons. The minimum absolute atomic E-state index is 0.125. The van der Waals surface area contributed by atoms with Gasteiger partial charge in [-0.15, -0.1) is 0 Å². The molecule has 0 saturated carbocycles. The van der Waals surface area contributed by atoms with E-state index in [-0.39, 0.29) is 11.8 Å². The first-order valence-electron chi connectivity index (χ1n) is 6.10. The third kappa shape index (κ3) is 3.26. The zero-order chi connectivity index (χ0) is 12.1. The number of carbonyl (C=O) groups excluding carboxylic acids is 1. The average molecular weight is 237 g/mol. The Hall–Kier alpha value is -1.43. The highest BCUT2D eigenvalue weighted by Gasteiger charge is 2.28. The molecule has 0 bridgehead atoms. The molecule has 6 nitrogen and oxygen atoms in total. The van der Waals surface area contributed by atoms with E-state index in [1.54, 1.807) is 0 Å². The normalized spacial score (nSPS) is 23.8. The highest BCUT2D eigenvalue weighted by molar-refractivity contribution is 5.79. The fraction of sp³-hybridized carbons (Fsp3) is 0.727. The van der Waals surface area contributed by atoms with Crippen LogP contribution < -0.4 is 10.6 Å². The van der Waals surface area contributed by atoms with E-state index in [4.69, 9.17) is 0 Å². The van der Waals surface area contributed by atoms with Crippen LogP contribution in [0.15, 0.2) is 6.33 Å². The van der Waals surface area contributed by atoms with Gasteiger partial charge in [0.1, 0.15) is 12.2 Å². The molecule has 17 heavy (non-hydrogen) atoms. The summed E-state index contributed by atoms with van der Waals surface area (Å²) in [5.74, 6) is 1.60. The van der Waals surface area contributed by atoms with Crippen molar-refractivity contribution < 1.29 is 4.79 Å². The van der Waals surface area contributed by atoms with Gasteiger partial charge >= 0.3 is 0 Å². The lowest BCUT2D eigenvalue weighted by molar-refractivity contribution is -0.125. The number of hydrogen-bond donors (Lipinski definition) is 3. The number of aromatic nitrogens is 3. The molecule has 6 heteroatoms. The lowest BCUT2D eigenvalue weighted by atomic mass is 9.97. The number of nitrogens with one attached hydrogen (secondary N) is 3. The van der Waals surface area contributed by atoms with Crippen LogP contribution in [0, 0.1) is 11.8 Å². The summed E-state index contributed by atoms with van der Waals surface area (Å²) < 4.78 is 0. The monoisotopic (exact) mass is 237 g/mol. The molecule has 1 aliphatic heterocycles. The second kappa shape index (κ2) is 5.77. The molecule has 1 aromatic rings. The van der Waals surface area contributed by atoms with Gasteiger partial charge in [0.25, 0.3) is 0 Å². The van der Waals surface area contributed by atoms with Gasteiger partial charge in [0.2, 0.25) is 5.91 Å². The third-order valence-corrected chi connectivity index (χ3v) is 3.21. The Kier molecular flexibility index (Phi) is 4.08. The molecule has 1 aromatic heterocycles. The summed E-state index contributed by atoms with van der Waals surface area (Å²) in [5, 5.41) is 12.8. The van der Waals surface area contributed by atoms with E-state index in [1.165, 1.54) is 6.33 Å². The van der Waals surface area contributed by atoms with E-state index < -0.39 is 0 Å². The Morgan fingerprint density at radius 1 is 1.59 bits per heavy atom. The number of H-pyrrole nitrogens is 1. The van der Waals surface area contributed by atoms with Crippen molar-refractivity contribution in [3.8, 4) is 0 Å². The number of hydrogen-bond acceptors (Lipinski definition) is 4. The van der Waals surface area contributed by atoms with Crippen LogP contribution in [0.25, 0.3) is 0 Å². The summed E-state index contributed by atoms with van der Waals surface area (Å²) in [4.78, 5) is 15.9. The predicted molar refractivity (Wildman–Crippen MR) is 63.2 cm³/mol. The third-order valence-electron chi connectivity index (χ3n) is 3.21. The Bertz CT molecular complexity index is 351. The summed E-state index contributed by atoms with van der Waals surface area (Å²) in [6, 6.07) is 0. The van der Waals surface area contributed by atoms with Crippen molar-refractivity contribution in [1.82, 2.24) is 25.8 Å². The Morgan fingerprint density at radius 2 is 2.47 bits per heavy atom. The number of nitrogens with zero attached hydrogens (tertiary/aromatic N) is 2. The first kappa shape index (κ1) is 12.0. The lowest BCUT2D eigenvalue weighted by Gasteiger charge is -2.13. The highest BCUT2D eigenvalue weighted by atomic mass is 16.1. The van der Waals surface area contributed by atoms with E-state index >= 15 is 0 Å². The molecule has 2 atom stereocenters. The number of carbonyl (C=O) groups is 1. The van der Waals surface area contributed by atoms with Gasteiger partial charge in [-0.1, -0.05) is 6.92 Å². The van der Waals surface area contributed by atoms with E-state index in [0.29, 0.717) is 12.5 Å². The molecule has 2 rings (SSSR count). The van der Waals surface area contributed by atoms with Crippen molar-refractivity contribution in [3.05, 3.63) is 12.2 Å². The topological polar surface area (TPSA) is 82.7 Å². The van der Waals surface area contributed by atoms with Crippen LogP contribution in [0.4, 0.5) is 0 Å². The molecule has 1 aliphatic rings. The zero-order valence-corrected chi connectivity index (χ0v) is 10.1. The summed E-state index contributed by atoms with van der Waals surface area (Å²) in [6.45, 7) is 4.55. The maximum atomic E-state index is 11.8. The number of aromatic amines is 1. The zero-order valence-electron chi connectivity index (χ0n) is 10.1. The Balaban J connectivity index is 1.63. The van der Waals surface area contributed by atoms with Crippen LogP contribution in [-0.2, 0) is 11.2 Å². The predicted octanol–water partition coefficient (Wildman–Crippen LogP) is -0.291. The van der Waals surface area contributed by atoms with E-state index in [1.807, 2.05) is 0 Å². The minimum Gasteiger partial charge on any atom is -0.356 e. The molecule has 0 unspecified atom stereocenters. The maximum Gasteiger partial charge on any atom is 0.224 e. The highest BCUT2D eigenvalue weighted by Crippen LogP contribution is 2.15. The first-order chi connectivity index (χ1) is 8.27. The molecule has 0 spiro atoms. The molecular formula is C11H19N5O. The minimum atomic E-state index is 0.125. The summed E-state index contributed by atoms with van der Waals surface area (Å²) in [7, 11) is 0. The molecule has 2 heterocycles. The standard InChI is InChI=1S/C11H19N5O/c1-8-5-12-6-9(8)11(17)13-4-2-3-10-14-7-15-16-10/h7-9,12H,2-6H2,1H3,(H,13,17)(H,14,15,16)/t8-,9-/m1/s1. The van der Waals surface area contributed by atoms with Crippen LogP contribution in [0.5, 0.6) is 0 Å². The van der Waals surface area contributed by atoms with Crippen LogP contribution in [0.3, 0.4) is 0 Å². The molecule has 94 valence electrons. The van der Waals surface area contributed by atoms with Gasteiger partial charge in [0.05, 0.1) is 5.92 Å². The average Bonchev–Trinajstić information content (AvgIpc) is 2.95. The Labute approximate surface area is 101 Å². The lowest BCUT2D eigenvalue weighted by Crippen LogP contribution is -2.35. The molecule has 1 fully saturated rings. The van der Waals surface area contributed by atoms with Crippen LogP contribution in [0.2, 0.25) is 0 Å². The molecule has 3 N–H and O–H groups in total. The van der Waals surface area contributed by atoms with Gasteiger partial charge in [0, 0.05) is 19.5 Å². The summed E-state index contributed by atoms with van der Waals surface area (Å²) >= 11 is 0. The number of amides is 1. The SMILES string of the molecule is C[C@@H]1CNC[C@H]1C(=O)NCCCc1ncn[nH]1. The van der Waals surface area contributed by atoms with E-state index in [9.17, 15) is 4.79 Å². The van der Waals surface area contributed by atoms with Gasteiger partial charge in [-0.25, -0.2) is 4.98 Å². The van der Waals surface area contributed by atoms with Crippen molar-refractivity contribution in [2.75, 3.05) is 19.6 Å². The summed E-state index contributed by atoms with van der Waals surface area (Å²) in [5.41, 5.74) is 0. The fourth-order valence-corrected chi connectivity index (χ4v) is 2.11. The number of aryl methyl sites for hydroxylation is 1. The quantitative estimate of drug-likeness (QED) is 0.615.